The van der Waals surface area contributed by atoms with E-state index in [4.69, 9.17) is 0 Å². The van der Waals surface area contributed by atoms with E-state index in [9.17, 15) is 0 Å². The molecule has 62 valence electrons. The van der Waals surface area contributed by atoms with Crippen LogP contribution in [0.15, 0.2) is 12.5 Å². The van der Waals surface area contributed by atoms with Crippen LogP contribution in [-0.4, -0.2) is 9.55 Å². The minimum Gasteiger partial charge on any atom is -0.340 e. The molecule has 0 aliphatic heterocycles. The molecule has 0 radical (unpaired) electrons. The molecule has 2 heteroatoms. The molecule has 0 bridgehead atoms. The van der Waals surface area contributed by atoms with E-state index in [2.05, 4.69) is 32.0 Å². The summed E-state index contributed by atoms with van der Waals surface area (Å²) in [4.78, 5) is 4.26. The first-order valence-corrected chi connectivity index (χ1v) is 3.94. The summed E-state index contributed by atoms with van der Waals surface area (Å²) in [6.45, 7) is 6.67. The molecule has 0 fully saturated rings. The number of hydrogen-bond donors (Lipinski definition) is 0. The van der Waals surface area contributed by atoms with Crippen LogP contribution in [0, 0.1) is 5.41 Å². The maximum Gasteiger partial charge on any atom is 0.0946 e. The predicted octanol–water partition coefficient (Wildman–Crippen LogP) is 2.01. The summed E-state index contributed by atoms with van der Waals surface area (Å²) >= 11 is 0. The monoisotopic (exact) mass is 152 g/mol. The van der Waals surface area contributed by atoms with Crippen LogP contribution in [0.1, 0.15) is 26.5 Å². The van der Waals surface area contributed by atoms with E-state index in [0.717, 1.165) is 6.42 Å². The van der Waals surface area contributed by atoms with Crippen molar-refractivity contribution in [3.63, 3.8) is 0 Å². The zero-order valence-corrected chi connectivity index (χ0v) is 7.76. The van der Waals surface area contributed by atoms with Crippen LogP contribution in [0.4, 0.5) is 0 Å². The van der Waals surface area contributed by atoms with Crippen molar-refractivity contribution in [1.29, 1.82) is 0 Å². The van der Waals surface area contributed by atoms with E-state index in [1.165, 1.54) is 5.69 Å². The Morgan fingerprint density at radius 2 is 2.09 bits per heavy atom. The number of aryl methyl sites for hydroxylation is 1. The van der Waals surface area contributed by atoms with E-state index in [1.54, 1.807) is 0 Å². The van der Waals surface area contributed by atoms with E-state index < -0.39 is 0 Å². The fourth-order valence-corrected chi connectivity index (χ4v) is 1.10. The average molecular weight is 152 g/mol. The van der Waals surface area contributed by atoms with Crippen LogP contribution in [0.3, 0.4) is 0 Å². The van der Waals surface area contributed by atoms with Gasteiger partial charge < -0.3 is 4.57 Å². The van der Waals surface area contributed by atoms with Crippen molar-refractivity contribution >= 4 is 0 Å². The fourth-order valence-electron chi connectivity index (χ4n) is 1.10. The first kappa shape index (κ1) is 8.31. The van der Waals surface area contributed by atoms with Gasteiger partial charge in [-0.15, -0.1) is 0 Å². The fraction of sp³-hybridized carbons (Fsp3) is 0.667. The third-order valence-electron chi connectivity index (χ3n) is 1.47. The Kier molecular flexibility index (Phi) is 2.03. The van der Waals surface area contributed by atoms with Gasteiger partial charge in [-0.2, -0.15) is 0 Å². The van der Waals surface area contributed by atoms with Gasteiger partial charge in [0.2, 0.25) is 0 Å². The van der Waals surface area contributed by atoms with Crippen LogP contribution in [0.2, 0.25) is 0 Å². The molecule has 0 aromatic carbocycles. The number of nitrogens with zero attached hydrogens (tertiary/aromatic N) is 2. The van der Waals surface area contributed by atoms with Crippen LogP contribution < -0.4 is 0 Å². The third-order valence-corrected chi connectivity index (χ3v) is 1.47. The highest BCUT2D eigenvalue weighted by Gasteiger charge is 2.12. The summed E-state index contributed by atoms with van der Waals surface area (Å²) in [5.41, 5.74) is 1.52. The van der Waals surface area contributed by atoms with Crippen LogP contribution in [0.5, 0.6) is 0 Å². The number of imidazole rings is 1. The molecule has 1 heterocycles. The van der Waals surface area contributed by atoms with Gasteiger partial charge in [0, 0.05) is 13.2 Å². The zero-order chi connectivity index (χ0) is 8.48. The molecule has 0 aliphatic rings. The molecule has 0 amide bonds. The molecule has 1 rings (SSSR count). The van der Waals surface area contributed by atoms with Crippen molar-refractivity contribution in [1.82, 2.24) is 9.55 Å². The van der Waals surface area contributed by atoms with Crippen LogP contribution in [0.25, 0.3) is 0 Å². The van der Waals surface area contributed by atoms with Crippen LogP contribution in [-0.2, 0) is 13.5 Å². The third kappa shape index (κ3) is 2.74. The molecule has 1 aromatic heterocycles. The Morgan fingerprint density at radius 3 is 2.45 bits per heavy atom. The zero-order valence-electron chi connectivity index (χ0n) is 7.76. The van der Waals surface area contributed by atoms with Crippen molar-refractivity contribution in [2.75, 3.05) is 0 Å². The van der Waals surface area contributed by atoms with Gasteiger partial charge in [0.05, 0.1) is 12.0 Å². The lowest BCUT2D eigenvalue weighted by Crippen LogP contribution is -2.09. The van der Waals surface area contributed by atoms with Gasteiger partial charge in [-0.25, -0.2) is 4.98 Å². The minimum absolute atomic E-state index is 0.342. The largest absolute Gasteiger partial charge is 0.340 e. The van der Waals surface area contributed by atoms with Crippen molar-refractivity contribution in [3.8, 4) is 0 Å². The Labute approximate surface area is 68.3 Å². The normalized spacial score (nSPS) is 12.0. The molecule has 0 saturated heterocycles. The van der Waals surface area contributed by atoms with Gasteiger partial charge in [-0.05, 0) is 11.8 Å². The second kappa shape index (κ2) is 2.68. The molecule has 0 atom stereocenters. The lowest BCUT2D eigenvalue weighted by molar-refractivity contribution is 0.407. The second-order valence-corrected chi connectivity index (χ2v) is 4.27. The number of hydrogen-bond acceptors (Lipinski definition) is 1. The highest BCUT2D eigenvalue weighted by molar-refractivity contribution is 4.98. The van der Waals surface area contributed by atoms with Gasteiger partial charge in [-0.1, -0.05) is 20.8 Å². The van der Waals surface area contributed by atoms with Gasteiger partial charge in [-0.3, -0.25) is 0 Å². The van der Waals surface area contributed by atoms with Crippen molar-refractivity contribution < 1.29 is 0 Å². The number of aromatic nitrogens is 2. The van der Waals surface area contributed by atoms with Crippen molar-refractivity contribution in [2.24, 2.45) is 12.5 Å². The predicted molar refractivity (Wildman–Crippen MR) is 46.4 cm³/mol. The SMILES string of the molecule is Cn1cnc(CC(C)(C)C)c1. The molecular formula is C9H16N2. The first-order chi connectivity index (χ1) is 4.97. The summed E-state index contributed by atoms with van der Waals surface area (Å²) in [7, 11) is 2.00. The number of rotatable bonds is 1. The van der Waals surface area contributed by atoms with E-state index in [-0.39, 0.29) is 0 Å². The van der Waals surface area contributed by atoms with Gasteiger partial charge in [0.15, 0.2) is 0 Å². The molecular weight excluding hydrogens is 136 g/mol. The van der Waals surface area contributed by atoms with Crippen molar-refractivity contribution in [2.45, 2.75) is 27.2 Å². The molecule has 0 saturated carbocycles. The Bertz CT molecular complexity index is 230. The van der Waals surface area contributed by atoms with Gasteiger partial charge >= 0.3 is 0 Å². The first-order valence-electron chi connectivity index (χ1n) is 3.94. The molecule has 0 unspecified atom stereocenters. The summed E-state index contributed by atoms with van der Waals surface area (Å²) in [5.74, 6) is 0. The lowest BCUT2D eigenvalue weighted by Gasteiger charge is -2.15. The molecule has 0 aliphatic carbocycles. The second-order valence-electron chi connectivity index (χ2n) is 4.27. The van der Waals surface area contributed by atoms with Gasteiger partial charge in [0.1, 0.15) is 0 Å². The molecule has 2 nitrogen and oxygen atoms in total. The summed E-state index contributed by atoms with van der Waals surface area (Å²) in [6.07, 6.45) is 4.97. The topological polar surface area (TPSA) is 17.8 Å². The van der Waals surface area contributed by atoms with Crippen LogP contribution >= 0.6 is 0 Å². The minimum atomic E-state index is 0.342. The maximum atomic E-state index is 4.26. The Morgan fingerprint density at radius 1 is 1.45 bits per heavy atom. The summed E-state index contributed by atoms with van der Waals surface area (Å²) in [6, 6.07) is 0. The quantitative estimate of drug-likeness (QED) is 0.602. The van der Waals surface area contributed by atoms with Crippen molar-refractivity contribution in [3.05, 3.63) is 18.2 Å². The highest BCUT2D eigenvalue weighted by atomic mass is 15.0. The lowest BCUT2D eigenvalue weighted by atomic mass is 9.91. The van der Waals surface area contributed by atoms with E-state index in [1.807, 2.05) is 17.9 Å². The molecule has 1 aromatic rings. The Hall–Kier alpha value is -0.790. The van der Waals surface area contributed by atoms with Gasteiger partial charge in [0.25, 0.3) is 0 Å². The van der Waals surface area contributed by atoms with E-state index >= 15 is 0 Å². The highest BCUT2D eigenvalue weighted by Crippen LogP contribution is 2.18. The molecule has 0 spiro atoms. The molecule has 0 N–H and O–H groups in total. The van der Waals surface area contributed by atoms with E-state index in [0.29, 0.717) is 5.41 Å². The standard InChI is InChI=1S/C9H16N2/c1-9(2,3)5-8-6-11(4)7-10-8/h6-7H,5H2,1-4H3. The summed E-state index contributed by atoms with van der Waals surface area (Å²) < 4.78 is 1.99. The average Bonchev–Trinajstić information content (AvgIpc) is 2.10. The smallest absolute Gasteiger partial charge is 0.0946 e. The maximum absolute atomic E-state index is 4.26. The molecule has 11 heavy (non-hydrogen) atoms. The summed E-state index contributed by atoms with van der Waals surface area (Å²) in [5, 5.41) is 0. The Balaban J connectivity index is 2.65.